The normalized spacial score (nSPS) is 12.5. The molecule has 13 heteroatoms. The van der Waals surface area contributed by atoms with Crippen molar-refractivity contribution < 1.29 is 44.2 Å². The Balaban J connectivity index is 2.39. The lowest BCUT2D eigenvalue weighted by Gasteiger charge is -2.16. The summed E-state index contributed by atoms with van der Waals surface area (Å²) < 4.78 is 111. The van der Waals surface area contributed by atoms with Crippen LogP contribution in [-0.4, -0.2) is 39.0 Å². The molecule has 0 unspecified atom stereocenters. The van der Waals surface area contributed by atoms with Gasteiger partial charge in [0.05, 0.1) is 0 Å². The van der Waals surface area contributed by atoms with Gasteiger partial charge in [0, 0.05) is 11.8 Å². The van der Waals surface area contributed by atoms with Gasteiger partial charge in [-0.3, -0.25) is 4.72 Å². The Morgan fingerprint density at radius 3 is 2.17 bits per heavy atom. The molecule has 1 aromatic heterocycles. The van der Waals surface area contributed by atoms with E-state index >= 15 is 0 Å². The SMILES string of the molecule is Cc1cccc(NS(=O)(=O)c2cc(OCC(F)(F)F)ccc2OCC(F)(F)F)n1. The fourth-order valence-corrected chi connectivity index (χ4v) is 3.19. The Kier molecular flexibility index (Phi) is 6.50. The molecule has 0 aliphatic heterocycles. The van der Waals surface area contributed by atoms with Crippen LogP contribution in [-0.2, 0) is 10.0 Å². The first-order chi connectivity index (χ1) is 13.3. The fraction of sp³-hybridized carbons (Fsp3) is 0.312. The summed E-state index contributed by atoms with van der Waals surface area (Å²) in [5.74, 6) is -1.39. The quantitative estimate of drug-likeness (QED) is 0.652. The molecule has 0 spiro atoms. The lowest BCUT2D eigenvalue weighted by Crippen LogP contribution is -2.22. The van der Waals surface area contributed by atoms with Crippen LogP contribution in [0.5, 0.6) is 11.5 Å². The van der Waals surface area contributed by atoms with Crippen LogP contribution in [0, 0.1) is 6.92 Å². The molecule has 0 radical (unpaired) electrons. The van der Waals surface area contributed by atoms with Crippen LogP contribution in [0.15, 0.2) is 41.3 Å². The Morgan fingerprint density at radius 2 is 1.59 bits per heavy atom. The van der Waals surface area contributed by atoms with E-state index in [0.717, 1.165) is 12.1 Å². The van der Waals surface area contributed by atoms with Crippen molar-refractivity contribution in [3.8, 4) is 11.5 Å². The monoisotopic (exact) mass is 444 g/mol. The van der Waals surface area contributed by atoms with Crippen LogP contribution in [0.25, 0.3) is 0 Å². The standard InChI is InChI=1S/C16H14F6N2O4S/c1-10-3-2-4-14(23-10)24-29(25,26)13-7-11(27-8-15(17,18)19)5-6-12(13)28-9-16(20,21)22/h2-7H,8-9H2,1H3,(H,23,24). The highest BCUT2D eigenvalue weighted by Crippen LogP contribution is 2.32. The second kappa shape index (κ2) is 8.35. The average molecular weight is 444 g/mol. The Morgan fingerprint density at radius 1 is 0.966 bits per heavy atom. The van der Waals surface area contributed by atoms with Crippen molar-refractivity contribution in [2.75, 3.05) is 17.9 Å². The molecule has 6 nitrogen and oxygen atoms in total. The van der Waals surface area contributed by atoms with E-state index in [9.17, 15) is 34.8 Å². The van der Waals surface area contributed by atoms with E-state index < -0.39 is 52.0 Å². The van der Waals surface area contributed by atoms with Gasteiger partial charge in [0.2, 0.25) is 0 Å². The number of pyridine rings is 1. The van der Waals surface area contributed by atoms with E-state index in [1.54, 1.807) is 13.0 Å². The third-order valence-electron chi connectivity index (χ3n) is 3.13. The number of aryl methyl sites for hydroxylation is 1. The maximum absolute atomic E-state index is 12.6. The number of sulfonamides is 1. The van der Waals surface area contributed by atoms with E-state index in [1.807, 2.05) is 4.72 Å². The van der Waals surface area contributed by atoms with Crippen molar-refractivity contribution >= 4 is 15.8 Å². The average Bonchev–Trinajstić information content (AvgIpc) is 2.56. The zero-order chi connectivity index (χ0) is 21.9. The van der Waals surface area contributed by atoms with Crippen molar-refractivity contribution in [1.29, 1.82) is 0 Å². The number of rotatable bonds is 7. The first kappa shape index (κ1) is 22.6. The summed E-state index contributed by atoms with van der Waals surface area (Å²) in [5, 5.41) is 0. The Bertz CT molecular complexity index is 961. The van der Waals surface area contributed by atoms with Crippen LogP contribution in [0.3, 0.4) is 0 Å². The van der Waals surface area contributed by atoms with Crippen molar-refractivity contribution in [1.82, 2.24) is 4.98 Å². The minimum absolute atomic E-state index is 0.145. The van der Waals surface area contributed by atoms with E-state index in [1.165, 1.54) is 12.1 Å². The largest absolute Gasteiger partial charge is 0.484 e. The van der Waals surface area contributed by atoms with E-state index in [2.05, 4.69) is 14.5 Å². The lowest BCUT2D eigenvalue weighted by molar-refractivity contribution is -0.154. The first-order valence-corrected chi connectivity index (χ1v) is 9.23. The van der Waals surface area contributed by atoms with Crippen LogP contribution >= 0.6 is 0 Å². The van der Waals surface area contributed by atoms with Crippen molar-refractivity contribution in [2.45, 2.75) is 24.2 Å². The molecule has 0 aliphatic carbocycles. The number of ether oxygens (including phenoxy) is 2. The number of hydrogen-bond donors (Lipinski definition) is 1. The zero-order valence-corrected chi connectivity index (χ0v) is 15.5. The Labute approximate surface area is 161 Å². The maximum Gasteiger partial charge on any atom is 0.422 e. The lowest BCUT2D eigenvalue weighted by atomic mass is 10.3. The molecule has 2 rings (SSSR count). The molecule has 0 bridgehead atoms. The van der Waals surface area contributed by atoms with E-state index in [4.69, 9.17) is 0 Å². The summed E-state index contributed by atoms with van der Waals surface area (Å²) in [6.45, 7) is -1.95. The number of nitrogens with zero attached hydrogens (tertiary/aromatic N) is 1. The third-order valence-corrected chi connectivity index (χ3v) is 4.50. The van der Waals surface area contributed by atoms with Gasteiger partial charge in [-0.2, -0.15) is 26.3 Å². The van der Waals surface area contributed by atoms with Gasteiger partial charge in [0.1, 0.15) is 22.2 Å². The highest BCUT2D eigenvalue weighted by atomic mass is 32.2. The molecule has 1 aromatic carbocycles. The highest BCUT2D eigenvalue weighted by molar-refractivity contribution is 7.92. The molecule has 1 heterocycles. The maximum atomic E-state index is 12.6. The molecule has 160 valence electrons. The van der Waals surface area contributed by atoms with Crippen LogP contribution < -0.4 is 14.2 Å². The molecular weight excluding hydrogens is 430 g/mol. The van der Waals surface area contributed by atoms with Gasteiger partial charge in [0.15, 0.2) is 13.2 Å². The molecule has 0 amide bonds. The smallest absolute Gasteiger partial charge is 0.422 e. The predicted molar refractivity (Wildman–Crippen MR) is 89.3 cm³/mol. The number of benzene rings is 1. The number of aromatic nitrogens is 1. The third kappa shape index (κ3) is 7.33. The number of hydrogen-bond acceptors (Lipinski definition) is 5. The molecular formula is C16H14F6N2O4S. The summed E-state index contributed by atoms with van der Waals surface area (Å²) >= 11 is 0. The topological polar surface area (TPSA) is 77.5 Å². The molecule has 1 N–H and O–H groups in total. The molecule has 0 atom stereocenters. The van der Waals surface area contributed by atoms with Gasteiger partial charge in [-0.1, -0.05) is 6.07 Å². The van der Waals surface area contributed by atoms with Gasteiger partial charge >= 0.3 is 12.4 Å². The van der Waals surface area contributed by atoms with Crippen molar-refractivity contribution in [3.05, 3.63) is 42.1 Å². The molecule has 0 aliphatic rings. The van der Waals surface area contributed by atoms with Gasteiger partial charge in [-0.15, -0.1) is 0 Å². The summed E-state index contributed by atoms with van der Waals surface area (Å²) in [4.78, 5) is 3.06. The van der Waals surface area contributed by atoms with Crippen LogP contribution in [0.1, 0.15) is 5.69 Å². The molecule has 0 saturated heterocycles. The van der Waals surface area contributed by atoms with Crippen LogP contribution in [0.2, 0.25) is 0 Å². The summed E-state index contributed by atoms with van der Waals surface area (Å²) in [6.07, 6.45) is -9.47. The molecule has 2 aromatic rings. The highest BCUT2D eigenvalue weighted by Gasteiger charge is 2.31. The van der Waals surface area contributed by atoms with Crippen LogP contribution in [0.4, 0.5) is 32.2 Å². The summed E-state index contributed by atoms with van der Waals surface area (Å²) in [5.41, 5.74) is 0.445. The van der Waals surface area contributed by atoms with Crippen molar-refractivity contribution in [3.63, 3.8) is 0 Å². The van der Waals surface area contributed by atoms with Gasteiger partial charge in [-0.25, -0.2) is 13.4 Å². The second-order valence-corrected chi connectivity index (χ2v) is 7.34. The number of anilines is 1. The number of halogens is 6. The summed E-state index contributed by atoms with van der Waals surface area (Å²) in [7, 11) is -4.57. The van der Waals surface area contributed by atoms with Gasteiger partial charge in [0.25, 0.3) is 10.0 Å². The predicted octanol–water partition coefficient (Wildman–Crippen LogP) is 4.07. The number of nitrogens with one attached hydrogen (secondary N) is 1. The number of alkyl halides is 6. The molecule has 0 fully saturated rings. The second-order valence-electron chi connectivity index (χ2n) is 5.69. The van der Waals surface area contributed by atoms with E-state index in [0.29, 0.717) is 11.8 Å². The zero-order valence-electron chi connectivity index (χ0n) is 14.6. The first-order valence-electron chi connectivity index (χ1n) is 7.75. The molecule has 0 saturated carbocycles. The summed E-state index contributed by atoms with van der Waals surface area (Å²) in [6, 6.07) is 6.60. The Hall–Kier alpha value is -2.70. The minimum atomic E-state index is -4.77. The van der Waals surface area contributed by atoms with Crippen molar-refractivity contribution in [2.24, 2.45) is 0 Å². The molecule has 29 heavy (non-hydrogen) atoms. The minimum Gasteiger partial charge on any atom is -0.484 e. The van der Waals surface area contributed by atoms with Gasteiger partial charge < -0.3 is 9.47 Å². The van der Waals surface area contributed by atoms with Gasteiger partial charge in [-0.05, 0) is 31.2 Å². The van der Waals surface area contributed by atoms with E-state index in [-0.39, 0.29) is 5.82 Å². The fourth-order valence-electron chi connectivity index (χ4n) is 2.02.